The van der Waals surface area contributed by atoms with E-state index in [0.717, 1.165) is 61.2 Å². The van der Waals surface area contributed by atoms with Gasteiger partial charge >= 0.3 is 0 Å². The second kappa shape index (κ2) is 11.3. The van der Waals surface area contributed by atoms with Crippen molar-refractivity contribution in [1.82, 2.24) is 16.0 Å². The van der Waals surface area contributed by atoms with Crippen LogP contribution < -0.4 is 30.3 Å². The third kappa shape index (κ3) is 6.06. The van der Waals surface area contributed by atoms with Crippen molar-refractivity contribution in [3.63, 3.8) is 0 Å². The van der Waals surface area contributed by atoms with E-state index in [4.69, 9.17) is 9.47 Å². The number of amides is 1. The number of carbonyl (C=O) groups excluding carboxylic acids is 1. The summed E-state index contributed by atoms with van der Waals surface area (Å²) in [5, 5.41) is 9.56. The van der Waals surface area contributed by atoms with Crippen molar-refractivity contribution >= 4 is 17.6 Å². The Morgan fingerprint density at radius 2 is 1.91 bits per heavy atom. The maximum atomic E-state index is 11.8. The molecule has 0 spiro atoms. The van der Waals surface area contributed by atoms with Crippen molar-refractivity contribution < 1.29 is 14.3 Å². The molecule has 0 aromatic heterocycles. The van der Waals surface area contributed by atoms with Crippen LogP contribution in [0.5, 0.6) is 11.5 Å². The highest BCUT2D eigenvalue weighted by Gasteiger charge is 2.24. The van der Waals surface area contributed by atoms with Crippen LogP contribution in [0.25, 0.3) is 0 Å². The van der Waals surface area contributed by atoms with Crippen molar-refractivity contribution in [2.75, 3.05) is 52.8 Å². The van der Waals surface area contributed by atoms with Gasteiger partial charge < -0.3 is 30.3 Å². The number of benzene rings is 2. The molecule has 3 rings (SSSR count). The molecule has 8 nitrogen and oxygen atoms in total. The fraction of sp³-hybridized carbons (Fsp3) is 0.417. The molecule has 1 heterocycles. The lowest BCUT2D eigenvalue weighted by atomic mass is 10.1. The Morgan fingerprint density at radius 3 is 2.56 bits per heavy atom. The Bertz CT molecular complexity index is 925. The minimum Gasteiger partial charge on any atom is -0.497 e. The number of methoxy groups -OCH3 is 2. The Balaban J connectivity index is 1.51. The van der Waals surface area contributed by atoms with Gasteiger partial charge in [-0.1, -0.05) is 12.1 Å². The van der Waals surface area contributed by atoms with E-state index in [0.29, 0.717) is 5.56 Å². The van der Waals surface area contributed by atoms with Gasteiger partial charge in [0.2, 0.25) is 0 Å². The van der Waals surface area contributed by atoms with Gasteiger partial charge in [-0.05, 0) is 30.5 Å². The van der Waals surface area contributed by atoms with Crippen LogP contribution in [0.2, 0.25) is 0 Å². The van der Waals surface area contributed by atoms with E-state index in [1.807, 2.05) is 42.5 Å². The van der Waals surface area contributed by atoms with Crippen LogP contribution >= 0.6 is 0 Å². The second-order valence-electron chi connectivity index (χ2n) is 7.68. The molecule has 2 aromatic rings. The Hall–Kier alpha value is -3.42. The maximum absolute atomic E-state index is 11.8. The lowest BCUT2D eigenvalue weighted by molar-refractivity contribution is 0.0963. The van der Waals surface area contributed by atoms with Gasteiger partial charge in [-0.2, -0.15) is 0 Å². The number of rotatable bonds is 8. The number of aliphatic imine (C=N–C) groups is 1. The lowest BCUT2D eigenvalue weighted by Crippen LogP contribution is -2.45. The molecule has 0 radical (unpaired) electrons. The Morgan fingerprint density at radius 1 is 1.16 bits per heavy atom. The van der Waals surface area contributed by atoms with Crippen LogP contribution in [0.3, 0.4) is 0 Å². The van der Waals surface area contributed by atoms with Gasteiger partial charge in [0, 0.05) is 69.2 Å². The van der Waals surface area contributed by atoms with E-state index in [1.54, 1.807) is 28.3 Å². The van der Waals surface area contributed by atoms with Crippen LogP contribution in [0.15, 0.2) is 47.5 Å². The van der Waals surface area contributed by atoms with E-state index < -0.39 is 0 Å². The average Bonchev–Trinajstić information content (AvgIpc) is 3.31. The first-order valence-electron chi connectivity index (χ1n) is 10.8. The molecule has 1 unspecified atom stereocenters. The highest BCUT2D eigenvalue weighted by molar-refractivity contribution is 5.94. The first kappa shape index (κ1) is 23.2. The van der Waals surface area contributed by atoms with Crippen LogP contribution in [-0.4, -0.2) is 65.9 Å². The van der Waals surface area contributed by atoms with E-state index in [9.17, 15) is 4.79 Å². The normalized spacial score (nSPS) is 15.9. The van der Waals surface area contributed by atoms with Gasteiger partial charge in [-0.15, -0.1) is 0 Å². The van der Waals surface area contributed by atoms with Gasteiger partial charge in [-0.3, -0.25) is 9.79 Å². The number of hydrogen-bond donors (Lipinski definition) is 3. The van der Waals surface area contributed by atoms with Crippen molar-refractivity contribution in [2.24, 2.45) is 4.99 Å². The lowest BCUT2D eigenvalue weighted by Gasteiger charge is -2.21. The fourth-order valence-corrected chi connectivity index (χ4v) is 3.81. The third-order valence-corrected chi connectivity index (χ3v) is 5.58. The van der Waals surface area contributed by atoms with E-state index in [1.165, 1.54) is 0 Å². The van der Waals surface area contributed by atoms with Gasteiger partial charge in [0.15, 0.2) is 5.96 Å². The summed E-state index contributed by atoms with van der Waals surface area (Å²) in [5.41, 5.74) is 2.87. The summed E-state index contributed by atoms with van der Waals surface area (Å²) in [4.78, 5) is 18.5. The number of guanidine groups is 1. The number of ether oxygens (including phenoxy) is 2. The number of anilines is 1. The molecule has 1 amide bonds. The number of carbonyl (C=O) groups is 1. The second-order valence-corrected chi connectivity index (χ2v) is 7.68. The zero-order chi connectivity index (χ0) is 22.9. The molecule has 3 N–H and O–H groups in total. The number of nitrogens with zero attached hydrogens (tertiary/aromatic N) is 2. The molecule has 172 valence electrons. The summed E-state index contributed by atoms with van der Waals surface area (Å²) >= 11 is 0. The Labute approximate surface area is 190 Å². The predicted octanol–water partition coefficient (Wildman–Crippen LogP) is 2.05. The summed E-state index contributed by atoms with van der Waals surface area (Å²) < 4.78 is 10.8. The maximum Gasteiger partial charge on any atom is 0.251 e. The summed E-state index contributed by atoms with van der Waals surface area (Å²) in [6, 6.07) is 13.9. The van der Waals surface area contributed by atoms with Crippen LogP contribution in [0.4, 0.5) is 5.69 Å². The van der Waals surface area contributed by atoms with Crippen LogP contribution in [0, 0.1) is 0 Å². The first-order valence-corrected chi connectivity index (χ1v) is 10.8. The van der Waals surface area contributed by atoms with E-state index in [2.05, 4.69) is 25.8 Å². The van der Waals surface area contributed by atoms with Crippen molar-refractivity contribution in [3.05, 3.63) is 53.6 Å². The van der Waals surface area contributed by atoms with E-state index >= 15 is 0 Å². The van der Waals surface area contributed by atoms with Gasteiger partial charge in [-0.25, -0.2) is 0 Å². The third-order valence-electron chi connectivity index (χ3n) is 5.58. The molecule has 1 aliphatic heterocycles. The first-order chi connectivity index (χ1) is 15.6. The van der Waals surface area contributed by atoms with Crippen molar-refractivity contribution in [2.45, 2.75) is 18.9 Å². The summed E-state index contributed by atoms with van der Waals surface area (Å²) in [6.45, 7) is 2.53. The molecular formula is C24H33N5O3. The molecule has 0 aliphatic carbocycles. The molecule has 2 aromatic carbocycles. The molecule has 1 fully saturated rings. The molecule has 32 heavy (non-hydrogen) atoms. The van der Waals surface area contributed by atoms with Gasteiger partial charge in [0.25, 0.3) is 5.91 Å². The monoisotopic (exact) mass is 439 g/mol. The van der Waals surface area contributed by atoms with Crippen LogP contribution in [-0.2, 0) is 6.42 Å². The van der Waals surface area contributed by atoms with Crippen molar-refractivity contribution in [1.29, 1.82) is 0 Å². The molecule has 0 bridgehead atoms. The molecule has 0 saturated carbocycles. The molecule has 8 heteroatoms. The zero-order valence-corrected chi connectivity index (χ0v) is 19.3. The topological polar surface area (TPSA) is 87.2 Å². The average molecular weight is 440 g/mol. The predicted molar refractivity (Wildman–Crippen MR) is 128 cm³/mol. The quantitative estimate of drug-likeness (QED) is 0.431. The standard InChI is InChI=1S/C24H33N5O3/c1-25-23(30)18-7-5-6-17(12-18)8-10-27-24(26-2)28-19-9-11-29(16-19)20-13-21(31-3)15-22(14-20)32-4/h5-7,12-15,19H,8-11,16H2,1-4H3,(H,25,30)(H2,26,27,28). The minimum atomic E-state index is -0.0725. The highest BCUT2D eigenvalue weighted by atomic mass is 16.5. The SMILES string of the molecule is CN=C(NCCc1cccc(C(=O)NC)c1)NC1CCN(c2cc(OC)cc(OC)c2)C1. The van der Waals surface area contributed by atoms with Crippen LogP contribution in [0.1, 0.15) is 22.3 Å². The summed E-state index contributed by atoms with van der Waals surface area (Å²) in [6.07, 6.45) is 1.81. The zero-order valence-electron chi connectivity index (χ0n) is 19.3. The summed E-state index contributed by atoms with van der Waals surface area (Å²) in [7, 11) is 6.75. The van der Waals surface area contributed by atoms with E-state index in [-0.39, 0.29) is 11.9 Å². The van der Waals surface area contributed by atoms with Gasteiger partial charge in [0.05, 0.1) is 14.2 Å². The van der Waals surface area contributed by atoms with Gasteiger partial charge in [0.1, 0.15) is 11.5 Å². The molecule has 1 aliphatic rings. The Kier molecular flexibility index (Phi) is 8.19. The number of nitrogens with one attached hydrogen (secondary N) is 3. The number of hydrogen-bond acceptors (Lipinski definition) is 5. The minimum absolute atomic E-state index is 0.0725. The van der Waals surface area contributed by atoms with Crippen molar-refractivity contribution in [3.8, 4) is 11.5 Å². The summed E-state index contributed by atoms with van der Waals surface area (Å²) in [5.74, 6) is 2.28. The molecule has 1 atom stereocenters. The molecular weight excluding hydrogens is 406 g/mol. The largest absolute Gasteiger partial charge is 0.497 e. The molecule has 1 saturated heterocycles. The fourth-order valence-electron chi connectivity index (χ4n) is 3.81. The smallest absolute Gasteiger partial charge is 0.251 e. The highest BCUT2D eigenvalue weighted by Crippen LogP contribution is 2.30.